The maximum atomic E-state index is 4.76. The average Bonchev–Trinajstić information content (AvgIpc) is 3.21. The van der Waals surface area contributed by atoms with Crippen molar-refractivity contribution in [1.82, 2.24) is 18.7 Å². The Hall–Kier alpha value is -2.18. The van der Waals surface area contributed by atoms with E-state index in [1.54, 1.807) is 4.68 Å². The van der Waals surface area contributed by atoms with Crippen LogP contribution in [-0.2, 0) is 7.05 Å². The van der Waals surface area contributed by atoms with Crippen molar-refractivity contribution in [2.75, 3.05) is 0 Å². The summed E-state index contributed by atoms with van der Waals surface area (Å²) in [7, 11) is 1.74. The molecule has 0 bridgehead atoms. The maximum absolute atomic E-state index is 4.76. The Kier molecular flexibility index (Phi) is 4.31. The van der Waals surface area contributed by atoms with E-state index >= 15 is 0 Å². The molecule has 0 fully saturated rings. The van der Waals surface area contributed by atoms with Gasteiger partial charge < -0.3 is 0 Å². The summed E-state index contributed by atoms with van der Waals surface area (Å²) in [5.74, 6) is 0. The van der Waals surface area contributed by atoms with Crippen molar-refractivity contribution in [2.45, 2.75) is 11.8 Å². The van der Waals surface area contributed by atoms with Gasteiger partial charge in [0.15, 0.2) is 5.65 Å². The molecule has 1 aromatic carbocycles. The smallest absolute Gasteiger partial charge is 0.150 e. The molecule has 0 saturated carbocycles. The molecule has 0 saturated heterocycles. The van der Waals surface area contributed by atoms with Crippen LogP contribution in [0.3, 0.4) is 0 Å². The highest BCUT2D eigenvalue weighted by atomic mass is 79.9. The fourth-order valence-corrected chi connectivity index (χ4v) is 5.19. The zero-order chi connectivity index (χ0) is 17.4. The number of aryl methyl sites for hydroxylation is 1. The second kappa shape index (κ2) is 6.61. The third kappa shape index (κ3) is 2.96. The monoisotopic (exact) mass is 412 g/mol. The Bertz CT molecular complexity index is 1080. The number of nitrogens with zero attached hydrogens (tertiary/aromatic N) is 4. The normalized spacial score (nSPS) is 12.8. The lowest BCUT2D eigenvalue weighted by molar-refractivity contribution is 0.768. The quantitative estimate of drug-likeness (QED) is 0.438. The Morgan fingerprint density at radius 3 is 2.56 bits per heavy atom. The van der Waals surface area contributed by atoms with Gasteiger partial charge in [0.05, 0.1) is 6.20 Å². The first-order valence-corrected chi connectivity index (χ1v) is 9.95. The number of rotatable bonds is 3. The zero-order valence-electron chi connectivity index (χ0n) is 13.9. The minimum atomic E-state index is -0.176. The van der Waals surface area contributed by atoms with Gasteiger partial charge in [-0.15, -0.1) is 0 Å². The second-order valence-electron chi connectivity index (χ2n) is 5.66. The first kappa shape index (κ1) is 16.3. The molecular weight excluding hydrogens is 396 g/mol. The molecule has 6 heteroatoms. The molecular formula is C19H17BrN4S. The van der Waals surface area contributed by atoms with Crippen LogP contribution in [0.1, 0.15) is 6.92 Å². The van der Waals surface area contributed by atoms with E-state index in [0.29, 0.717) is 0 Å². The standard InChI is InChI=1S/C19H17BrN4S/c1-3-25(16-7-5-4-6-8-16)24-13-18(20)17-9-14(10-21-19(17)24)15-11-22-23(2)12-15/h3-13H,1-2H3. The fraction of sp³-hybridized carbons (Fsp3) is 0.105. The molecule has 126 valence electrons. The molecule has 4 aromatic rings. The molecule has 0 radical (unpaired) electrons. The van der Waals surface area contributed by atoms with Gasteiger partial charge in [-0.1, -0.05) is 28.9 Å². The van der Waals surface area contributed by atoms with Crippen LogP contribution in [-0.4, -0.2) is 24.1 Å². The SMILES string of the molecule is C/C=S(\c1ccccc1)n1cc(Br)c2cc(-c3cnn(C)c3)cnc21. The number of benzene rings is 1. The predicted octanol–water partition coefficient (Wildman–Crippen LogP) is 5.11. The van der Waals surface area contributed by atoms with Crippen molar-refractivity contribution in [3.63, 3.8) is 0 Å². The molecule has 0 aliphatic rings. The van der Waals surface area contributed by atoms with Gasteiger partial charge in [0.2, 0.25) is 0 Å². The van der Waals surface area contributed by atoms with Crippen molar-refractivity contribution in [3.05, 3.63) is 65.7 Å². The van der Waals surface area contributed by atoms with Gasteiger partial charge in [-0.3, -0.25) is 8.65 Å². The number of fused-ring (bicyclic) bond motifs is 1. The van der Waals surface area contributed by atoms with E-state index in [9.17, 15) is 0 Å². The van der Waals surface area contributed by atoms with E-state index in [-0.39, 0.29) is 10.7 Å². The lowest BCUT2D eigenvalue weighted by Crippen LogP contribution is -1.93. The molecule has 4 nitrogen and oxygen atoms in total. The van der Waals surface area contributed by atoms with E-state index in [4.69, 9.17) is 4.98 Å². The summed E-state index contributed by atoms with van der Waals surface area (Å²) < 4.78 is 5.09. The third-order valence-corrected chi connectivity index (χ3v) is 6.56. The van der Waals surface area contributed by atoms with E-state index < -0.39 is 0 Å². The molecule has 3 aromatic heterocycles. The molecule has 0 aliphatic carbocycles. The van der Waals surface area contributed by atoms with Crippen molar-refractivity contribution < 1.29 is 0 Å². The highest BCUT2D eigenvalue weighted by Crippen LogP contribution is 2.36. The van der Waals surface area contributed by atoms with Gasteiger partial charge in [0, 0.05) is 51.5 Å². The van der Waals surface area contributed by atoms with Crippen LogP contribution in [0.5, 0.6) is 0 Å². The van der Waals surface area contributed by atoms with Gasteiger partial charge in [0.1, 0.15) is 0 Å². The largest absolute Gasteiger partial charge is 0.276 e. The summed E-state index contributed by atoms with van der Waals surface area (Å²) in [6.07, 6.45) is 7.91. The highest BCUT2D eigenvalue weighted by molar-refractivity contribution is 9.10. The average molecular weight is 413 g/mol. The minimum absolute atomic E-state index is 0.176. The van der Waals surface area contributed by atoms with Crippen LogP contribution in [0.4, 0.5) is 0 Å². The fourth-order valence-electron chi connectivity index (χ4n) is 2.84. The van der Waals surface area contributed by atoms with E-state index in [2.05, 4.69) is 73.8 Å². The van der Waals surface area contributed by atoms with Crippen LogP contribution in [0.15, 0.2) is 70.6 Å². The van der Waals surface area contributed by atoms with Gasteiger partial charge in [-0.05, 0) is 46.4 Å². The van der Waals surface area contributed by atoms with Gasteiger partial charge in [-0.25, -0.2) is 4.98 Å². The van der Waals surface area contributed by atoms with E-state index in [0.717, 1.165) is 26.6 Å². The number of pyridine rings is 1. The first-order valence-electron chi connectivity index (χ1n) is 7.91. The van der Waals surface area contributed by atoms with Crippen LogP contribution >= 0.6 is 26.6 Å². The zero-order valence-corrected chi connectivity index (χ0v) is 16.3. The summed E-state index contributed by atoms with van der Waals surface area (Å²) in [6.45, 7) is 2.10. The van der Waals surface area contributed by atoms with Crippen molar-refractivity contribution in [1.29, 1.82) is 0 Å². The van der Waals surface area contributed by atoms with E-state index in [1.165, 1.54) is 4.90 Å². The summed E-state index contributed by atoms with van der Waals surface area (Å²) in [4.78, 5) is 6.04. The van der Waals surface area contributed by atoms with Gasteiger partial charge >= 0.3 is 0 Å². The summed E-state index contributed by atoms with van der Waals surface area (Å²) >= 11 is 3.71. The number of aromatic nitrogens is 4. The van der Waals surface area contributed by atoms with E-state index in [1.807, 2.05) is 31.7 Å². The van der Waals surface area contributed by atoms with Crippen LogP contribution in [0.2, 0.25) is 0 Å². The number of hydrogen-bond donors (Lipinski definition) is 0. The summed E-state index contributed by atoms with van der Waals surface area (Å²) in [5, 5.41) is 7.58. The number of hydrogen-bond acceptors (Lipinski definition) is 2. The lowest BCUT2D eigenvalue weighted by atomic mass is 10.1. The molecule has 4 rings (SSSR count). The highest BCUT2D eigenvalue weighted by Gasteiger charge is 2.13. The molecule has 1 atom stereocenters. The minimum Gasteiger partial charge on any atom is -0.276 e. The van der Waals surface area contributed by atoms with Crippen LogP contribution in [0, 0.1) is 0 Å². The van der Waals surface area contributed by atoms with Gasteiger partial charge in [0.25, 0.3) is 0 Å². The molecule has 3 heterocycles. The number of halogens is 1. The van der Waals surface area contributed by atoms with Crippen LogP contribution < -0.4 is 0 Å². The van der Waals surface area contributed by atoms with Crippen molar-refractivity contribution in [3.8, 4) is 11.1 Å². The van der Waals surface area contributed by atoms with Crippen molar-refractivity contribution >= 4 is 43.0 Å². The van der Waals surface area contributed by atoms with Crippen molar-refractivity contribution in [2.24, 2.45) is 7.05 Å². The molecule has 0 amide bonds. The Morgan fingerprint density at radius 2 is 1.88 bits per heavy atom. The predicted molar refractivity (Wildman–Crippen MR) is 109 cm³/mol. The lowest BCUT2D eigenvalue weighted by Gasteiger charge is -2.11. The second-order valence-corrected chi connectivity index (χ2v) is 8.48. The topological polar surface area (TPSA) is 35.6 Å². The summed E-state index contributed by atoms with van der Waals surface area (Å²) in [5.41, 5.74) is 3.12. The Balaban J connectivity index is 1.87. The summed E-state index contributed by atoms with van der Waals surface area (Å²) in [6, 6.07) is 12.7. The Labute approximate surface area is 157 Å². The first-order chi connectivity index (χ1) is 12.2. The molecule has 0 aliphatic heterocycles. The molecule has 1 unspecified atom stereocenters. The third-order valence-electron chi connectivity index (χ3n) is 4.02. The molecule has 0 spiro atoms. The maximum Gasteiger partial charge on any atom is 0.150 e. The Morgan fingerprint density at radius 1 is 1.08 bits per heavy atom. The van der Waals surface area contributed by atoms with Gasteiger partial charge in [-0.2, -0.15) is 5.10 Å². The molecule has 25 heavy (non-hydrogen) atoms. The molecule has 0 N–H and O–H groups in total. The van der Waals surface area contributed by atoms with Crippen LogP contribution in [0.25, 0.3) is 22.2 Å².